The lowest BCUT2D eigenvalue weighted by molar-refractivity contribution is -0.111. The number of carbonyl (C=O) groups is 1. The minimum atomic E-state index is -0.418. The first kappa shape index (κ1) is 8.35. The molecule has 1 rings (SSSR count). The molecule has 1 aromatic rings. The molecular formula is C10H9NO. The van der Waals surface area contributed by atoms with Crippen LogP contribution in [0, 0.1) is 19.3 Å². The van der Waals surface area contributed by atoms with E-state index in [9.17, 15) is 4.79 Å². The molecule has 2 heteroatoms. The van der Waals surface area contributed by atoms with Crippen LogP contribution in [0.4, 0.5) is 5.69 Å². The summed E-state index contributed by atoms with van der Waals surface area (Å²) in [6.45, 7) is 1.98. The molecule has 0 aliphatic carbocycles. The highest BCUT2D eigenvalue weighted by Gasteiger charge is 1.95. The Morgan fingerprint density at radius 2 is 2.00 bits per heavy atom. The number of rotatable bonds is 1. The molecule has 0 atom stereocenters. The molecule has 0 aliphatic heterocycles. The normalized spacial score (nSPS) is 8.67. The fourth-order valence-electron chi connectivity index (χ4n) is 0.804. The number of hydrogen-bond donors (Lipinski definition) is 1. The molecule has 0 aromatic heterocycles. The van der Waals surface area contributed by atoms with Gasteiger partial charge in [-0.15, -0.1) is 6.42 Å². The van der Waals surface area contributed by atoms with E-state index in [1.165, 1.54) is 0 Å². The van der Waals surface area contributed by atoms with Crippen LogP contribution in [-0.4, -0.2) is 5.91 Å². The second kappa shape index (κ2) is 3.59. The van der Waals surface area contributed by atoms with E-state index in [0.717, 1.165) is 11.3 Å². The standard InChI is InChI=1S/C10H9NO/c1-3-10(12)11-9-6-4-8(2)5-7-9/h1,4-7H,2H3,(H,11,12). The van der Waals surface area contributed by atoms with Gasteiger partial charge in [0.2, 0.25) is 0 Å². The number of terminal acetylenes is 1. The zero-order valence-corrected chi connectivity index (χ0v) is 6.79. The lowest BCUT2D eigenvalue weighted by Crippen LogP contribution is -2.07. The van der Waals surface area contributed by atoms with Crippen LogP contribution >= 0.6 is 0 Å². The molecule has 2 nitrogen and oxygen atoms in total. The summed E-state index contributed by atoms with van der Waals surface area (Å²) in [5, 5.41) is 2.54. The monoisotopic (exact) mass is 159 g/mol. The van der Waals surface area contributed by atoms with Crippen molar-refractivity contribution in [2.75, 3.05) is 5.32 Å². The van der Waals surface area contributed by atoms with E-state index in [-0.39, 0.29) is 0 Å². The zero-order chi connectivity index (χ0) is 8.97. The largest absolute Gasteiger partial charge is 0.315 e. The molecule has 0 radical (unpaired) electrons. The Morgan fingerprint density at radius 1 is 1.42 bits per heavy atom. The number of hydrogen-bond acceptors (Lipinski definition) is 1. The smallest absolute Gasteiger partial charge is 0.300 e. The van der Waals surface area contributed by atoms with E-state index in [1.807, 2.05) is 37.1 Å². The molecule has 1 amide bonds. The second-order valence-corrected chi connectivity index (χ2v) is 2.46. The summed E-state index contributed by atoms with van der Waals surface area (Å²) in [6, 6.07) is 7.44. The van der Waals surface area contributed by atoms with Crippen molar-refractivity contribution in [3.05, 3.63) is 29.8 Å². The molecule has 0 unspecified atom stereocenters. The van der Waals surface area contributed by atoms with Gasteiger partial charge in [-0.25, -0.2) is 0 Å². The molecular weight excluding hydrogens is 150 g/mol. The molecule has 0 saturated carbocycles. The minimum absolute atomic E-state index is 0.418. The van der Waals surface area contributed by atoms with Gasteiger partial charge in [0.25, 0.3) is 5.91 Å². The maximum atomic E-state index is 10.7. The summed E-state index contributed by atoms with van der Waals surface area (Å²) in [6.07, 6.45) is 4.89. The van der Waals surface area contributed by atoms with Crippen molar-refractivity contribution in [3.8, 4) is 12.3 Å². The van der Waals surface area contributed by atoms with Crippen molar-refractivity contribution < 1.29 is 4.79 Å². The van der Waals surface area contributed by atoms with Gasteiger partial charge in [0, 0.05) is 5.69 Å². The Labute approximate surface area is 71.6 Å². The Bertz CT molecular complexity index is 319. The molecule has 0 heterocycles. The first-order valence-electron chi connectivity index (χ1n) is 3.56. The first-order valence-corrected chi connectivity index (χ1v) is 3.56. The molecule has 1 aromatic carbocycles. The van der Waals surface area contributed by atoms with E-state index in [0.29, 0.717) is 0 Å². The summed E-state index contributed by atoms with van der Waals surface area (Å²) in [7, 11) is 0. The highest BCUT2D eigenvalue weighted by molar-refractivity contribution is 6.03. The number of anilines is 1. The molecule has 0 bridgehead atoms. The van der Waals surface area contributed by atoms with Crippen LogP contribution < -0.4 is 5.32 Å². The number of amides is 1. The van der Waals surface area contributed by atoms with Crippen molar-refractivity contribution in [1.82, 2.24) is 0 Å². The number of benzene rings is 1. The highest BCUT2D eigenvalue weighted by Crippen LogP contribution is 2.07. The van der Waals surface area contributed by atoms with Crippen LogP contribution in [0.25, 0.3) is 0 Å². The molecule has 60 valence electrons. The van der Waals surface area contributed by atoms with Crippen LogP contribution in [0.15, 0.2) is 24.3 Å². The number of aryl methyl sites for hydroxylation is 1. The predicted octanol–water partition coefficient (Wildman–Crippen LogP) is 1.57. The molecule has 0 fully saturated rings. The van der Waals surface area contributed by atoms with E-state index in [4.69, 9.17) is 6.42 Å². The van der Waals surface area contributed by atoms with Gasteiger partial charge < -0.3 is 5.32 Å². The van der Waals surface area contributed by atoms with Gasteiger partial charge in [0.15, 0.2) is 0 Å². The van der Waals surface area contributed by atoms with E-state index in [2.05, 4.69) is 5.32 Å². The average molecular weight is 159 g/mol. The van der Waals surface area contributed by atoms with Gasteiger partial charge in [-0.1, -0.05) is 17.7 Å². The lowest BCUT2D eigenvalue weighted by Gasteiger charge is -1.99. The summed E-state index contributed by atoms with van der Waals surface area (Å²) in [4.78, 5) is 10.7. The molecule has 0 saturated heterocycles. The van der Waals surface area contributed by atoms with Crippen molar-refractivity contribution in [2.45, 2.75) is 6.92 Å². The first-order chi connectivity index (χ1) is 5.72. The van der Waals surface area contributed by atoms with Gasteiger partial charge in [0.05, 0.1) is 0 Å². The van der Waals surface area contributed by atoms with E-state index >= 15 is 0 Å². The summed E-state index contributed by atoms with van der Waals surface area (Å²) < 4.78 is 0. The van der Waals surface area contributed by atoms with Crippen LogP contribution in [0.2, 0.25) is 0 Å². The Kier molecular flexibility index (Phi) is 2.49. The predicted molar refractivity (Wildman–Crippen MR) is 48.6 cm³/mol. The Hall–Kier alpha value is -1.75. The van der Waals surface area contributed by atoms with Gasteiger partial charge >= 0.3 is 0 Å². The number of carbonyl (C=O) groups excluding carboxylic acids is 1. The van der Waals surface area contributed by atoms with Crippen molar-refractivity contribution in [3.63, 3.8) is 0 Å². The third kappa shape index (κ3) is 2.14. The van der Waals surface area contributed by atoms with Crippen molar-refractivity contribution in [1.29, 1.82) is 0 Å². The Balaban J connectivity index is 2.73. The summed E-state index contributed by atoms with van der Waals surface area (Å²) >= 11 is 0. The molecule has 0 aliphatic rings. The molecule has 0 spiro atoms. The van der Waals surface area contributed by atoms with Crippen molar-refractivity contribution >= 4 is 11.6 Å². The lowest BCUT2D eigenvalue weighted by atomic mass is 10.2. The fourth-order valence-corrected chi connectivity index (χ4v) is 0.804. The second-order valence-electron chi connectivity index (χ2n) is 2.46. The molecule has 12 heavy (non-hydrogen) atoms. The average Bonchev–Trinajstić information content (AvgIpc) is 2.09. The maximum Gasteiger partial charge on any atom is 0.300 e. The third-order valence-electron chi connectivity index (χ3n) is 1.44. The Morgan fingerprint density at radius 3 is 2.50 bits per heavy atom. The van der Waals surface area contributed by atoms with Gasteiger partial charge in [0.1, 0.15) is 0 Å². The van der Waals surface area contributed by atoms with Crippen LogP contribution in [-0.2, 0) is 4.79 Å². The van der Waals surface area contributed by atoms with Crippen molar-refractivity contribution in [2.24, 2.45) is 0 Å². The summed E-state index contributed by atoms with van der Waals surface area (Å²) in [5.41, 5.74) is 1.87. The quantitative estimate of drug-likeness (QED) is 0.619. The van der Waals surface area contributed by atoms with Gasteiger partial charge in [-0.05, 0) is 25.0 Å². The maximum absolute atomic E-state index is 10.7. The summed E-state index contributed by atoms with van der Waals surface area (Å²) in [5.74, 6) is 1.56. The topological polar surface area (TPSA) is 29.1 Å². The van der Waals surface area contributed by atoms with Crippen LogP contribution in [0.1, 0.15) is 5.56 Å². The highest BCUT2D eigenvalue weighted by atomic mass is 16.1. The van der Waals surface area contributed by atoms with Crippen LogP contribution in [0.5, 0.6) is 0 Å². The molecule has 1 N–H and O–H groups in total. The minimum Gasteiger partial charge on any atom is -0.315 e. The van der Waals surface area contributed by atoms with Gasteiger partial charge in [-0.3, -0.25) is 4.79 Å². The number of nitrogens with one attached hydrogen (secondary N) is 1. The van der Waals surface area contributed by atoms with Crippen LogP contribution in [0.3, 0.4) is 0 Å². The SMILES string of the molecule is C#CC(=O)Nc1ccc(C)cc1. The third-order valence-corrected chi connectivity index (χ3v) is 1.44. The fraction of sp³-hybridized carbons (Fsp3) is 0.100. The van der Waals surface area contributed by atoms with E-state index in [1.54, 1.807) is 0 Å². The van der Waals surface area contributed by atoms with Gasteiger partial charge in [-0.2, -0.15) is 0 Å². The zero-order valence-electron chi connectivity index (χ0n) is 6.79. The van der Waals surface area contributed by atoms with E-state index < -0.39 is 5.91 Å².